The molecule has 0 spiro atoms. The van der Waals surface area contributed by atoms with Gasteiger partial charge < -0.3 is 0 Å². The molecule has 0 radical (unpaired) electrons. The van der Waals surface area contributed by atoms with Gasteiger partial charge in [-0.2, -0.15) is 12.6 Å². The van der Waals surface area contributed by atoms with Crippen LogP contribution in [0.15, 0.2) is 42.5 Å². The topological polar surface area (TPSA) is 0 Å². The molecule has 0 aliphatic heterocycles. The zero-order chi connectivity index (χ0) is 27.2. The van der Waals surface area contributed by atoms with Crippen molar-refractivity contribution in [3.05, 3.63) is 75.9 Å². The van der Waals surface area contributed by atoms with Crippen LogP contribution < -0.4 is 0 Å². The second-order valence-corrected chi connectivity index (χ2v) is 9.93. The summed E-state index contributed by atoms with van der Waals surface area (Å²) < 4.78 is 0. The SMILES string of the molecule is C#C.C/C=C\c1c(C)cccc1CS.CCCCCCC(C)CC.Cc1cccc(C(C)C)c1C. The van der Waals surface area contributed by atoms with E-state index in [0.717, 1.165) is 11.7 Å². The zero-order valence-corrected chi connectivity index (χ0v) is 25.2. The van der Waals surface area contributed by atoms with Crippen molar-refractivity contribution in [2.75, 3.05) is 0 Å². The molecule has 0 aliphatic carbocycles. The maximum atomic E-state index is 4.29. The lowest BCUT2D eigenvalue weighted by Crippen LogP contribution is -1.93. The van der Waals surface area contributed by atoms with Gasteiger partial charge in [-0.15, -0.1) is 12.8 Å². The van der Waals surface area contributed by atoms with E-state index in [0.29, 0.717) is 5.92 Å². The molecule has 0 fully saturated rings. The monoisotopic (exact) mass is 494 g/mol. The highest BCUT2D eigenvalue weighted by atomic mass is 32.1. The molecule has 0 saturated heterocycles. The van der Waals surface area contributed by atoms with Gasteiger partial charge in [0, 0.05) is 5.75 Å². The Bertz CT molecular complexity index is 826. The van der Waals surface area contributed by atoms with Gasteiger partial charge in [0.05, 0.1) is 0 Å². The molecule has 0 nitrogen and oxygen atoms in total. The number of benzene rings is 2. The van der Waals surface area contributed by atoms with E-state index >= 15 is 0 Å². The lowest BCUT2D eigenvalue weighted by Gasteiger charge is -2.10. The number of terminal acetylenes is 1. The summed E-state index contributed by atoms with van der Waals surface area (Å²) in [6.45, 7) is 19.9. The minimum atomic E-state index is 0.648. The average Bonchev–Trinajstić information content (AvgIpc) is 2.86. The number of unbranched alkanes of at least 4 members (excludes halogenated alkanes) is 3. The molecule has 0 bridgehead atoms. The third-order valence-corrected chi connectivity index (χ3v) is 6.77. The molecular weight excluding hydrogens is 440 g/mol. The summed E-state index contributed by atoms with van der Waals surface area (Å²) >= 11 is 4.29. The normalized spacial score (nSPS) is 11.0. The predicted molar refractivity (Wildman–Crippen MR) is 167 cm³/mol. The van der Waals surface area contributed by atoms with E-state index in [9.17, 15) is 0 Å². The van der Waals surface area contributed by atoms with Gasteiger partial charge in [0.15, 0.2) is 0 Å². The Labute approximate surface area is 225 Å². The Hall–Kier alpha value is -1.91. The molecule has 0 N–H and O–H groups in total. The van der Waals surface area contributed by atoms with E-state index in [-0.39, 0.29) is 0 Å². The Balaban J connectivity index is 0. The molecule has 2 aromatic rings. The van der Waals surface area contributed by atoms with Crippen molar-refractivity contribution >= 4 is 18.7 Å². The van der Waals surface area contributed by atoms with E-state index in [1.165, 1.54) is 71.9 Å². The van der Waals surface area contributed by atoms with Gasteiger partial charge in [-0.05, 0) is 72.9 Å². The molecule has 1 heteroatoms. The first-order valence-electron chi connectivity index (χ1n) is 13.4. The minimum absolute atomic E-state index is 0.648. The van der Waals surface area contributed by atoms with Crippen molar-refractivity contribution in [3.8, 4) is 12.8 Å². The number of hydrogen-bond acceptors (Lipinski definition) is 1. The van der Waals surface area contributed by atoms with E-state index in [1.807, 2.05) is 6.92 Å². The van der Waals surface area contributed by atoms with Gasteiger partial charge >= 0.3 is 0 Å². The highest BCUT2D eigenvalue weighted by Crippen LogP contribution is 2.21. The van der Waals surface area contributed by atoms with Crippen LogP contribution in [0.5, 0.6) is 0 Å². The summed E-state index contributed by atoms with van der Waals surface area (Å²) in [6, 6.07) is 12.8. The molecule has 0 amide bonds. The molecule has 2 aromatic carbocycles. The second kappa shape index (κ2) is 22.5. The van der Waals surface area contributed by atoms with Crippen molar-refractivity contribution < 1.29 is 0 Å². The van der Waals surface area contributed by atoms with E-state index in [2.05, 4.69) is 129 Å². The first-order valence-corrected chi connectivity index (χ1v) is 14.1. The fourth-order valence-electron chi connectivity index (χ4n) is 3.81. The smallest absolute Gasteiger partial charge is 0.0160 e. The quantitative estimate of drug-likeness (QED) is 0.200. The van der Waals surface area contributed by atoms with Crippen LogP contribution in [-0.4, -0.2) is 0 Å². The van der Waals surface area contributed by atoms with Crippen LogP contribution in [-0.2, 0) is 5.75 Å². The largest absolute Gasteiger partial charge is 0.175 e. The minimum Gasteiger partial charge on any atom is -0.175 e. The van der Waals surface area contributed by atoms with E-state index in [1.54, 1.807) is 0 Å². The third kappa shape index (κ3) is 15.6. The van der Waals surface area contributed by atoms with Gasteiger partial charge in [0.2, 0.25) is 0 Å². The molecule has 35 heavy (non-hydrogen) atoms. The van der Waals surface area contributed by atoms with Crippen LogP contribution in [0.1, 0.15) is 119 Å². The predicted octanol–water partition coefficient (Wildman–Crippen LogP) is 11.1. The summed E-state index contributed by atoms with van der Waals surface area (Å²) in [6.07, 6.45) is 20.7. The van der Waals surface area contributed by atoms with Crippen molar-refractivity contribution in [1.82, 2.24) is 0 Å². The fraction of sp³-hybridized carbons (Fsp3) is 0.529. The summed E-state index contributed by atoms with van der Waals surface area (Å²) in [5, 5.41) is 0. The highest BCUT2D eigenvalue weighted by molar-refractivity contribution is 7.79. The molecule has 196 valence electrons. The summed E-state index contributed by atoms with van der Waals surface area (Å²) in [5.74, 6) is 2.41. The first-order chi connectivity index (χ1) is 16.7. The number of thiol groups is 1. The van der Waals surface area contributed by atoms with Gasteiger partial charge in [0.1, 0.15) is 0 Å². The third-order valence-electron chi connectivity index (χ3n) is 6.43. The van der Waals surface area contributed by atoms with Crippen molar-refractivity contribution in [3.63, 3.8) is 0 Å². The maximum absolute atomic E-state index is 4.29. The lowest BCUT2D eigenvalue weighted by molar-refractivity contribution is 0.477. The molecule has 0 saturated carbocycles. The van der Waals surface area contributed by atoms with Gasteiger partial charge in [0.25, 0.3) is 0 Å². The van der Waals surface area contributed by atoms with Crippen LogP contribution in [0.4, 0.5) is 0 Å². The Kier molecular flexibility index (Phi) is 22.7. The van der Waals surface area contributed by atoms with Crippen LogP contribution >= 0.6 is 12.6 Å². The zero-order valence-electron chi connectivity index (χ0n) is 24.3. The number of allylic oxidation sites excluding steroid dienone is 1. The molecule has 2 rings (SSSR count). The van der Waals surface area contributed by atoms with Crippen molar-refractivity contribution in [2.24, 2.45) is 5.92 Å². The fourth-order valence-corrected chi connectivity index (χ4v) is 4.08. The standard InChI is InChI=1S/C11H14S.C11H16.C10H22.C2H2/c1-3-5-11-9(2)6-4-7-10(11)8-12;1-8(2)11-7-5-6-9(3)10(11)4;1-4-6-7-8-9-10(3)5-2;1-2/h3-7,12H,8H2,1-2H3;5-8H,1-4H3;10H,4-9H2,1-3H3;1-2H/b5-3-;;;. The number of rotatable bonds is 9. The first kappa shape index (κ1) is 35.3. The number of hydrogen-bond donors (Lipinski definition) is 1. The Morgan fingerprint density at radius 2 is 1.46 bits per heavy atom. The van der Waals surface area contributed by atoms with Crippen LogP contribution in [0.3, 0.4) is 0 Å². The second-order valence-electron chi connectivity index (χ2n) is 9.61. The molecular formula is C34H54S. The van der Waals surface area contributed by atoms with Crippen LogP contribution in [0, 0.1) is 39.5 Å². The van der Waals surface area contributed by atoms with E-state index < -0.39 is 0 Å². The molecule has 0 heterocycles. The Morgan fingerprint density at radius 3 is 1.94 bits per heavy atom. The molecule has 1 unspecified atom stereocenters. The summed E-state index contributed by atoms with van der Waals surface area (Å²) in [4.78, 5) is 0. The maximum Gasteiger partial charge on any atom is 0.0160 e. The Morgan fingerprint density at radius 1 is 0.857 bits per heavy atom. The summed E-state index contributed by atoms with van der Waals surface area (Å²) in [7, 11) is 0. The number of aryl methyl sites for hydroxylation is 2. The molecule has 1 atom stereocenters. The van der Waals surface area contributed by atoms with Crippen LogP contribution in [0.2, 0.25) is 0 Å². The molecule has 0 aromatic heterocycles. The van der Waals surface area contributed by atoms with E-state index in [4.69, 9.17) is 0 Å². The van der Waals surface area contributed by atoms with Gasteiger partial charge in [-0.3, -0.25) is 0 Å². The van der Waals surface area contributed by atoms with Gasteiger partial charge in [-0.1, -0.05) is 122 Å². The summed E-state index contributed by atoms with van der Waals surface area (Å²) in [5.41, 5.74) is 8.26. The average molecular weight is 495 g/mol. The van der Waals surface area contributed by atoms with Crippen molar-refractivity contribution in [2.45, 2.75) is 113 Å². The van der Waals surface area contributed by atoms with Crippen molar-refractivity contribution in [1.29, 1.82) is 0 Å². The highest BCUT2D eigenvalue weighted by Gasteiger charge is 2.03. The van der Waals surface area contributed by atoms with Crippen LogP contribution in [0.25, 0.3) is 6.08 Å². The molecule has 0 aliphatic rings. The van der Waals surface area contributed by atoms with Gasteiger partial charge in [-0.25, -0.2) is 0 Å². The lowest BCUT2D eigenvalue weighted by atomic mass is 9.95.